The molecule has 1 aromatic heterocycles. The van der Waals surface area contributed by atoms with Gasteiger partial charge >= 0.3 is 6.09 Å². The van der Waals surface area contributed by atoms with Crippen molar-refractivity contribution >= 4 is 55.5 Å². The molecule has 3 saturated carbocycles. The summed E-state index contributed by atoms with van der Waals surface area (Å²) in [6.45, 7) is 7.97. The fourth-order valence-electron chi connectivity index (χ4n) is 9.29. The highest BCUT2D eigenvalue weighted by Gasteiger charge is 2.62. The number of cyclic esters (lactones) is 1. The van der Waals surface area contributed by atoms with Gasteiger partial charge in [0.05, 0.1) is 38.1 Å². The van der Waals surface area contributed by atoms with E-state index in [1.807, 2.05) is 44.2 Å². The number of aromatic nitrogens is 1. The molecule has 1 saturated heterocycles. The van der Waals surface area contributed by atoms with E-state index >= 15 is 0 Å². The van der Waals surface area contributed by atoms with Crippen LogP contribution in [-0.4, -0.2) is 98.5 Å². The van der Waals surface area contributed by atoms with Gasteiger partial charge in [0.25, 0.3) is 5.91 Å². The molecule has 0 spiro atoms. The molecule has 0 unspecified atom stereocenters. The number of sulfonamides is 1. The van der Waals surface area contributed by atoms with E-state index in [1.54, 1.807) is 14.2 Å². The standard InChI is InChI=1S/C44H55N5O10S/c1-6-27-22-44(27,41(52)48-60(54,55)30-14-15-30)47-38(50)35-20-29-23-49(35)40(51)37(25-10-7-8-11-25)46-42(53)58-24-43(2,3)17-9-12-26-18-33-32(21-36(26)57-5)31-16-13-28(56-4)19-34(31)45-39(33)59-29/h6,13,16,18-19,21,25,27,29-30,35,37H,1,7-12,14-15,17,20,22-24H2,2-5H3,(H,46,53)(H,47,50)(H,48,52)/t27-,29-,35+,37+,44-/m1/s1. The van der Waals surface area contributed by atoms with Crippen LogP contribution in [0, 0.1) is 17.3 Å². The van der Waals surface area contributed by atoms with Crippen LogP contribution < -0.4 is 29.6 Å². The first-order valence-electron chi connectivity index (χ1n) is 21.0. The number of rotatable bonds is 9. The smallest absolute Gasteiger partial charge is 0.407 e. The van der Waals surface area contributed by atoms with Crippen molar-refractivity contribution in [1.29, 1.82) is 0 Å². The topological polar surface area (TPSA) is 192 Å². The summed E-state index contributed by atoms with van der Waals surface area (Å²) in [4.78, 5) is 63.2. The van der Waals surface area contributed by atoms with Gasteiger partial charge in [-0.25, -0.2) is 18.2 Å². The average Bonchev–Trinajstić information content (AvgIpc) is 4.10. The number of hydrogen-bond donors (Lipinski definition) is 3. The number of ether oxygens (including phenoxy) is 4. The van der Waals surface area contributed by atoms with Crippen molar-refractivity contribution in [1.82, 2.24) is 25.2 Å². The minimum Gasteiger partial charge on any atom is -0.497 e. The van der Waals surface area contributed by atoms with Gasteiger partial charge in [0.1, 0.15) is 35.2 Å². The number of benzene rings is 2. The largest absolute Gasteiger partial charge is 0.497 e. The van der Waals surface area contributed by atoms with Crippen molar-refractivity contribution in [3.05, 3.63) is 48.6 Å². The second-order valence-corrected chi connectivity index (χ2v) is 19.9. The zero-order valence-electron chi connectivity index (χ0n) is 34.7. The number of carbonyl (C=O) groups excluding carboxylic acids is 4. The molecule has 5 aliphatic rings. The minimum absolute atomic E-state index is 0.0206. The van der Waals surface area contributed by atoms with Crippen LogP contribution in [0.1, 0.15) is 83.6 Å². The van der Waals surface area contributed by atoms with Gasteiger partial charge in [-0.05, 0) is 92.5 Å². The summed E-state index contributed by atoms with van der Waals surface area (Å²) in [5, 5.41) is 7.52. The molecule has 4 fully saturated rings. The molecule has 16 heteroatoms. The molecule has 2 aliphatic heterocycles. The van der Waals surface area contributed by atoms with Gasteiger partial charge in [0.2, 0.25) is 27.7 Å². The second kappa shape index (κ2) is 16.1. The Bertz CT molecular complexity index is 2340. The van der Waals surface area contributed by atoms with E-state index in [2.05, 4.69) is 21.9 Å². The predicted octanol–water partition coefficient (Wildman–Crippen LogP) is 5.07. The average molecular weight is 846 g/mol. The highest BCUT2D eigenvalue weighted by molar-refractivity contribution is 7.91. The van der Waals surface area contributed by atoms with Gasteiger partial charge in [0, 0.05) is 34.6 Å². The van der Waals surface area contributed by atoms with Crippen molar-refractivity contribution in [2.75, 3.05) is 27.4 Å². The third kappa shape index (κ3) is 8.18. The van der Waals surface area contributed by atoms with E-state index in [0.29, 0.717) is 55.0 Å². The molecule has 4 bridgehead atoms. The van der Waals surface area contributed by atoms with Crippen molar-refractivity contribution in [2.24, 2.45) is 17.3 Å². The molecule has 322 valence electrons. The summed E-state index contributed by atoms with van der Waals surface area (Å²) in [5.41, 5.74) is -0.403. The van der Waals surface area contributed by atoms with Gasteiger partial charge in [0.15, 0.2) is 0 Å². The number of nitrogens with one attached hydrogen (secondary N) is 3. The Morgan fingerprint density at radius 3 is 2.47 bits per heavy atom. The first kappa shape index (κ1) is 41.6. The van der Waals surface area contributed by atoms with Crippen LogP contribution in [0.3, 0.4) is 0 Å². The molecular formula is C44H55N5O10S. The van der Waals surface area contributed by atoms with Gasteiger partial charge in [-0.2, -0.15) is 0 Å². The van der Waals surface area contributed by atoms with E-state index in [0.717, 1.165) is 47.4 Å². The fourth-order valence-corrected chi connectivity index (χ4v) is 10.7. The lowest BCUT2D eigenvalue weighted by atomic mass is 9.87. The van der Waals surface area contributed by atoms with E-state index in [-0.39, 0.29) is 37.3 Å². The van der Waals surface area contributed by atoms with Crippen LogP contribution in [0.15, 0.2) is 43.0 Å². The minimum atomic E-state index is -3.92. The Morgan fingerprint density at radius 2 is 1.78 bits per heavy atom. The lowest BCUT2D eigenvalue weighted by molar-refractivity contribution is -0.142. The molecule has 4 amide bonds. The first-order chi connectivity index (χ1) is 28.6. The van der Waals surface area contributed by atoms with Crippen molar-refractivity contribution in [3.8, 4) is 17.4 Å². The SMILES string of the molecule is C=C[C@@H]1C[C@]1(NC(=O)[C@@H]1C[C@@H]2CN1C(=O)[C@H](C1CCCC1)NC(=O)OCC(C)(C)CCCc1cc3c(nc4cc(OC)ccc4c3cc1OC)O2)C(=O)NS(=O)(=O)C1CC1. The van der Waals surface area contributed by atoms with E-state index in [9.17, 15) is 27.6 Å². The maximum absolute atomic E-state index is 14.9. The second-order valence-electron chi connectivity index (χ2n) is 17.9. The van der Waals surface area contributed by atoms with Crippen molar-refractivity contribution < 1.29 is 46.5 Å². The number of carbonyl (C=O) groups is 4. The Kier molecular flexibility index (Phi) is 11.1. The fraction of sp³-hybridized carbons (Fsp3) is 0.568. The molecule has 3 aromatic rings. The highest BCUT2D eigenvalue weighted by atomic mass is 32.2. The predicted molar refractivity (Wildman–Crippen MR) is 223 cm³/mol. The van der Waals surface area contributed by atoms with Crippen LogP contribution >= 0.6 is 0 Å². The van der Waals surface area contributed by atoms with Gasteiger partial charge < -0.3 is 34.5 Å². The summed E-state index contributed by atoms with van der Waals surface area (Å²) in [6.07, 6.45) is 6.48. The Labute approximate surface area is 350 Å². The number of pyridine rings is 1. The zero-order chi connectivity index (χ0) is 42.6. The third-order valence-electron chi connectivity index (χ3n) is 13.0. The zero-order valence-corrected chi connectivity index (χ0v) is 35.5. The van der Waals surface area contributed by atoms with Crippen LogP contribution in [0.2, 0.25) is 0 Å². The maximum Gasteiger partial charge on any atom is 0.407 e. The molecule has 15 nitrogen and oxygen atoms in total. The van der Waals surface area contributed by atoms with Crippen LogP contribution in [0.4, 0.5) is 4.79 Å². The molecule has 5 atom stereocenters. The number of fused-ring (bicyclic) bond motifs is 5. The molecular weight excluding hydrogens is 791 g/mol. The molecule has 8 rings (SSSR count). The summed E-state index contributed by atoms with van der Waals surface area (Å²) in [7, 11) is -0.703. The lowest BCUT2D eigenvalue weighted by Gasteiger charge is -2.32. The van der Waals surface area contributed by atoms with Gasteiger partial charge in [-0.15, -0.1) is 6.58 Å². The van der Waals surface area contributed by atoms with Crippen molar-refractivity contribution in [2.45, 2.75) is 113 Å². The Hall–Kier alpha value is -5.12. The number of alkyl carbamates (subject to hydrolysis) is 1. The number of hydrogen-bond acceptors (Lipinski definition) is 11. The van der Waals surface area contributed by atoms with Crippen LogP contribution in [0.25, 0.3) is 21.7 Å². The number of methoxy groups -OCH3 is 2. The summed E-state index contributed by atoms with van der Waals surface area (Å²) in [6, 6.07) is 7.50. The number of nitrogens with zero attached hydrogens (tertiary/aromatic N) is 2. The van der Waals surface area contributed by atoms with E-state index in [4.69, 9.17) is 23.9 Å². The lowest BCUT2D eigenvalue weighted by Crippen LogP contribution is -2.59. The van der Waals surface area contributed by atoms with Crippen LogP contribution in [-0.2, 0) is 35.6 Å². The molecule has 3 aliphatic carbocycles. The maximum atomic E-state index is 14.9. The van der Waals surface area contributed by atoms with Gasteiger partial charge in [-0.1, -0.05) is 32.8 Å². The summed E-state index contributed by atoms with van der Waals surface area (Å²) < 4.78 is 51.9. The normalized spacial score (nSPS) is 27.3. The Balaban J connectivity index is 1.20. The number of aryl methyl sites for hydroxylation is 1. The molecule has 60 heavy (non-hydrogen) atoms. The molecule has 3 N–H and O–H groups in total. The highest BCUT2D eigenvalue weighted by Crippen LogP contribution is 2.46. The van der Waals surface area contributed by atoms with Crippen molar-refractivity contribution in [3.63, 3.8) is 0 Å². The number of amides is 4. The van der Waals surface area contributed by atoms with Crippen LogP contribution in [0.5, 0.6) is 17.4 Å². The summed E-state index contributed by atoms with van der Waals surface area (Å²) in [5.74, 6) is -1.06. The quantitative estimate of drug-likeness (QED) is 0.193. The monoisotopic (exact) mass is 845 g/mol. The molecule has 3 heterocycles. The molecule has 2 aromatic carbocycles. The third-order valence-corrected chi connectivity index (χ3v) is 14.9. The van der Waals surface area contributed by atoms with E-state index in [1.165, 1.54) is 11.0 Å². The first-order valence-corrected chi connectivity index (χ1v) is 22.6. The van der Waals surface area contributed by atoms with E-state index < -0.39 is 68.7 Å². The van der Waals surface area contributed by atoms with Gasteiger partial charge in [-0.3, -0.25) is 19.1 Å². The summed E-state index contributed by atoms with van der Waals surface area (Å²) >= 11 is 0. The molecule has 0 radical (unpaired) electrons. The Morgan fingerprint density at radius 1 is 1.02 bits per heavy atom.